The first-order valence-electron chi connectivity index (χ1n) is 6.95. The summed E-state index contributed by atoms with van der Waals surface area (Å²) in [6.07, 6.45) is 1.68. The van der Waals surface area contributed by atoms with Crippen molar-refractivity contribution in [3.63, 3.8) is 0 Å². The maximum absolute atomic E-state index is 12.4. The molecule has 0 bridgehead atoms. The lowest BCUT2D eigenvalue weighted by atomic mass is 10.1. The highest BCUT2D eigenvalue weighted by Crippen LogP contribution is 2.21. The normalized spacial score (nSPS) is 10.3. The molecule has 0 aliphatic rings. The van der Waals surface area contributed by atoms with Crippen LogP contribution in [0.15, 0.2) is 60.8 Å². The second kappa shape index (κ2) is 6.15. The van der Waals surface area contributed by atoms with E-state index in [9.17, 15) is 9.59 Å². The number of para-hydroxylation sites is 1. The molecule has 4 N–H and O–H groups in total. The van der Waals surface area contributed by atoms with Crippen molar-refractivity contribution in [1.29, 1.82) is 0 Å². The number of amides is 3. The highest BCUT2D eigenvalue weighted by atomic mass is 16.2. The number of rotatable bonds is 3. The SMILES string of the molecule is NC(=O)Nc1cccc(C(=O)Nc2cccc3cccnc23)c1. The third kappa shape index (κ3) is 3.26. The van der Waals surface area contributed by atoms with Gasteiger partial charge in [-0.1, -0.05) is 24.3 Å². The number of anilines is 2. The van der Waals surface area contributed by atoms with Gasteiger partial charge >= 0.3 is 6.03 Å². The van der Waals surface area contributed by atoms with Crippen LogP contribution in [0.3, 0.4) is 0 Å². The van der Waals surface area contributed by atoms with Gasteiger partial charge in [0.1, 0.15) is 0 Å². The lowest BCUT2D eigenvalue weighted by Crippen LogP contribution is -2.20. The van der Waals surface area contributed by atoms with Gasteiger partial charge < -0.3 is 16.4 Å². The van der Waals surface area contributed by atoms with Crippen molar-refractivity contribution in [2.24, 2.45) is 5.73 Å². The molecule has 2 aromatic carbocycles. The lowest BCUT2D eigenvalue weighted by molar-refractivity contribution is 0.102. The third-order valence-corrected chi connectivity index (χ3v) is 3.27. The van der Waals surface area contributed by atoms with Crippen LogP contribution in [0.2, 0.25) is 0 Å². The Hall–Kier alpha value is -3.41. The number of hydrogen-bond donors (Lipinski definition) is 3. The van der Waals surface area contributed by atoms with Gasteiger partial charge in [-0.3, -0.25) is 9.78 Å². The molecule has 3 aromatic rings. The Bertz CT molecular complexity index is 887. The maximum atomic E-state index is 12.4. The molecule has 6 heteroatoms. The summed E-state index contributed by atoms with van der Waals surface area (Å²) in [5.41, 5.74) is 7.29. The molecule has 0 spiro atoms. The fourth-order valence-electron chi connectivity index (χ4n) is 2.28. The highest BCUT2D eigenvalue weighted by Gasteiger charge is 2.10. The number of pyridine rings is 1. The van der Waals surface area contributed by atoms with E-state index in [1.807, 2.05) is 24.3 Å². The topological polar surface area (TPSA) is 97.1 Å². The number of nitrogens with zero attached hydrogens (tertiary/aromatic N) is 1. The first kappa shape index (κ1) is 14.5. The van der Waals surface area contributed by atoms with Gasteiger partial charge in [0.05, 0.1) is 11.2 Å². The van der Waals surface area contributed by atoms with Crippen LogP contribution < -0.4 is 16.4 Å². The van der Waals surface area contributed by atoms with E-state index in [-0.39, 0.29) is 5.91 Å². The van der Waals surface area contributed by atoms with Crippen LogP contribution in [0.5, 0.6) is 0 Å². The zero-order valence-corrected chi connectivity index (χ0v) is 12.1. The molecule has 0 radical (unpaired) electrons. The molecule has 0 unspecified atom stereocenters. The Morgan fingerprint density at radius 3 is 2.57 bits per heavy atom. The van der Waals surface area contributed by atoms with Crippen LogP contribution in [-0.4, -0.2) is 16.9 Å². The summed E-state index contributed by atoms with van der Waals surface area (Å²) in [6.45, 7) is 0. The zero-order valence-electron chi connectivity index (χ0n) is 12.1. The number of benzene rings is 2. The monoisotopic (exact) mass is 306 g/mol. The summed E-state index contributed by atoms with van der Waals surface area (Å²) in [5.74, 6) is -0.295. The largest absolute Gasteiger partial charge is 0.351 e. The minimum atomic E-state index is -0.680. The number of hydrogen-bond acceptors (Lipinski definition) is 3. The predicted molar refractivity (Wildman–Crippen MR) is 89.3 cm³/mol. The number of aromatic nitrogens is 1. The van der Waals surface area contributed by atoms with Gasteiger partial charge in [-0.05, 0) is 30.3 Å². The molecule has 6 nitrogen and oxygen atoms in total. The quantitative estimate of drug-likeness (QED) is 0.694. The predicted octanol–water partition coefficient (Wildman–Crippen LogP) is 2.98. The van der Waals surface area contributed by atoms with E-state index in [0.717, 1.165) is 10.9 Å². The Morgan fingerprint density at radius 2 is 1.74 bits per heavy atom. The average molecular weight is 306 g/mol. The van der Waals surface area contributed by atoms with E-state index >= 15 is 0 Å². The molecule has 3 rings (SSSR count). The fraction of sp³-hybridized carbons (Fsp3) is 0. The van der Waals surface area contributed by atoms with Gasteiger partial charge in [0, 0.05) is 22.8 Å². The molecule has 0 saturated carbocycles. The summed E-state index contributed by atoms with van der Waals surface area (Å²) in [4.78, 5) is 27.6. The minimum absolute atomic E-state index is 0.295. The second-order valence-corrected chi connectivity index (χ2v) is 4.90. The zero-order chi connectivity index (χ0) is 16.2. The van der Waals surface area contributed by atoms with E-state index in [2.05, 4.69) is 15.6 Å². The summed E-state index contributed by atoms with van der Waals surface area (Å²) in [6, 6.07) is 15.2. The minimum Gasteiger partial charge on any atom is -0.351 e. The second-order valence-electron chi connectivity index (χ2n) is 4.90. The molecular weight excluding hydrogens is 292 g/mol. The number of urea groups is 1. The first-order valence-corrected chi connectivity index (χ1v) is 6.95. The summed E-state index contributed by atoms with van der Waals surface area (Å²) in [7, 11) is 0. The number of nitrogens with one attached hydrogen (secondary N) is 2. The standard InChI is InChI=1S/C17H14N4O2/c18-17(23)20-13-7-1-5-12(10-13)16(22)21-14-8-2-4-11-6-3-9-19-15(11)14/h1-10H,(H,21,22)(H3,18,20,23). The van der Waals surface area contributed by atoms with Crippen molar-refractivity contribution in [1.82, 2.24) is 4.98 Å². The van der Waals surface area contributed by atoms with Crippen LogP contribution in [0.1, 0.15) is 10.4 Å². The van der Waals surface area contributed by atoms with Crippen molar-refractivity contribution < 1.29 is 9.59 Å². The molecule has 1 heterocycles. The van der Waals surface area contributed by atoms with E-state index in [1.54, 1.807) is 36.5 Å². The van der Waals surface area contributed by atoms with Gasteiger partial charge in [0.25, 0.3) is 5.91 Å². The van der Waals surface area contributed by atoms with Crippen molar-refractivity contribution in [3.05, 3.63) is 66.4 Å². The fourth-order valence-corrected chi connectivity index (χ4v) is 2.28. The smallest absolute Gasteiger partial charge is 0.316 e. The van der Waals surface area contributed by atoms with Gasteiger partial charge in [0.15, 0.2) is 0 Å². The van der Waals surface area contributed by atoms with Gasteiger partial charge in [-0.25, -0.2) is 4.79 Å². The van der Waals surface area contributed by atoms with Gasteiger partial charge in [-0.2, -0.15) is 0 Å². The molecule has 0 fully saturated rings. The summed E-state index contributed by atoms with van der Waals surface area (Å²) < 4.78 is 0. The van der Waals surface area contributed by atoms with E-state index in [1.165, 1.54) is 0 Å². The number of primary amides is 1. The van der Waals surface area contributed by atoms with Gasteiger partial charge in [-0.15, -0.1) is 0 Å². The van der Waals surface area contributed by atoms with Gasteiger partial charge in [0.2, 0.25) is 0 Å². The molecule has 1 aromatic heterocycles. The Labute approximate surface area is 132 Å². The number of nitrogens with two attached hydrogens (primary N) is 1. The number of fused-ring (bicyclic) bond motifs is 1. The summed E-state index contributed by atoms with van der Waals surface area (Å²) in [5, 5.41) is 6.22. The Kier molecular flexibility index (Phi) is 3.88. The molecule has 23 heavy (non-hydrogen) atoms. The van der Waals surface area contributed by atoms with Crippen LogP contribution in [0.25, 0.3) is 10.9 Å². The Morgan fingerprint density at radius 1 is 0.957 bits per heavy atom. The molecule has 0 aliphatic heterocycles. The van der Waals surface area contributed by atoms with Crippen molar-refractivity contribution in [3.8, 4) is 0 Å². The average Bonchev–Trinajstić information content (AvgIpc) is 2.55. The van der Waals surface area contributed by atoms with E-state index in [0.29, 0.717) is 16.9 Å². The van der Waals surface area contributed by atoms with Crippen molar-refractivity contribution in [2.75, 3.05) is 10.6 Å². The highest BCUT2D eigenvalue weighted by molar-refractivity contribution is 6.08. The van der Waals surface area contributed by atoms with Crippen molar-refractivity contribution >= 4 is 34.2 Å². The Balaban J connectivity index is 1.88. The van der Waals surface area contributed by atoms with Crippen LogP contribution >= 0.6 is 0 Å². The van der Waals surface area contributed by atoms with Crippen LogP contribution in [-0.2, 0) is 0 Å². The van der Waals surface area contributed by atoms with Crippen LogP contribution in [0, 0.1) is 0 Å². The molecular formula is C17H14N4O2. The molecule has 0 aliphatic carbocycles. The van der Waals surface area contributed by atoms with E-state index in [4.69, 9.17) is 5.73 Å². The number of carbonyl (C=O) groups excluding carboxylic acids is 2. The molecule has 114 valence electrons. The first-order chi connectivity index (χ1) is 11.1. The van der Waals surface area contributed by atoms with Crippen LogP contribution in [0.4, 0.5) is 16.2 Å². The number of carbonyl (C=O) groups is 2. The summed E-state index contributed by atoms with van der Waals surface area (Å²) >= 11 is 0. The van der Waals surface area contributed by atoms with Crippen molar-refractivity contribution in [2.45, 2.75) is 0 Å². The molecule has 3 amide bonds. The van der Waals surface area contributed by atoms with E-state index < -0.39 is 6.03 Å². The molecule has 0 atom stereocenters. The molecule has 0 saturated heterocycles. The third-order valence-electron chi connectivity index (χ3n) is 3.27. The lowest BCUT2D eigenvalue weighted by Gasteiger charge is -2.09. The maximum Gasteiger partial charge on any atom is 0.316 e.